The van der Waals surface area contributed by atoms with E-state index in [0.29, 0.717) is 18.7 Å². The average molecular weight is 394 g/mol. The number of aryl methyl sites for hydroxylation is 1. The number of phenols is 1. The van der Waals surface area contributed by atoms with Crippen LogP contribution in [0.5, 0.6) is 5.75 Å². The number of aromatic hydroxyl groups is 1. The number of rotatable bonds is 4. The maximum atomic E-state index is 12.7. The highest BCUT2D eigenvalue weighted by Gasteiger charge is 2.24. The zero-order valence-electron chi connectivity index (χ0n) is 15.8. The Kier molecular flexibility index (Phi) is 5.41. The Balaban J connectivity index is 1.34. The molecule has 2 heterocycles. The highest BCUT2D eigenvalue weighted by atomic mass is 32.1. The summed E-state index contributed by atoms with van der Waals surface area (Å²) in [7, 11) is 0. The van der Waals surface area contributed by atoms with Gasteiger partial charge in [0.15, 0.2) is 0 Å². The van der Waals surface area contributed by atoms with Gasteiger partial charge in [-0.15, -0.1) is 11.3 Å². The molecular weight excluding hydrogens is 370 g/mol. The molecule has 3 aromatic rings. The number of carbonyl (C=O) groups is 1. The van der Waals surface area contributed by atoms with Gasteiger partial charge in [-0.1, -0.05) is 36.4 Å². The molecule has 1 saturated heterocycles. The number of hydrogen-bond acceptors (Lipinski definition) is 5. The minimum atomic E-state index is -0.0998. The Bertz CT molecular complexity index is 963. The third-order valence-electron chi connectivity index (χ3n) is 5.00. The number of hydrogen-bond donors (Lipinski definition) is 1. The van der Waals surface area contributed by atoms with Gasteiger partial charge in [0, 0.05) is 43.7 Å². The predicted molar refractivity (Wildman–Crippen MR) is 112 cm³/mol. The Morgan fingerprint density at radius 2 is 1.86 bits per heavy atom. The van der Waals surface area contributed by atoms with Crippen LogP contribution in [0.3, 0.4) is 0 Å². The molecule has 1 aromatic heterocycles. The van der Waals surface area contributed by atoms with Crippen LogP contribution in [0.1, 0.15) is 21.6 Å². The third kappa shape index (κ3) is 4.08. The van der Waals surface area contributed by atoms with Crippen molar-refractivity contribution in [2.45, 2.75) is 13.5 Å². The van der Waals surface area contributed by atoms with E-state index < -0.39 is 0 Å². The first kappa shape index (κ1) is 18.7. The van der Waals surface area contributed by atoms with Crippen LogP contribution in [0.4, 0.5) is 0 Å². The number of piperazine rings is 1. The monoisotopic (exact) mass is 393 g/mol. The lowest BCUT2D eigenvalue weighted by Crippen LogP contribution is -2.48. The number of aromatic nitrogens is 1. The average Bonchev–Trinajstić information content (AvgIpc) is 3.17. The van der Waals surface area contributed by atoms with Gasteiger partial charge in [-0.25, -0.2) is 4.98 Å². The summed E-state index contributed by atoms with van der Waals surface area (Å²) < 4.78 is 0. The highest BCUT2D eigenvalue weighted by Crippen LogP contribution is 2.25. The van der Waals surface area contributed by atoms with E-state index >= 15 is 0 Å². The Labute approximate surface area is 168 Å². The van der Waals surface area contributed by atoms with Crippen LogP contribution in [-0.4, -0.2) is 52.0 Å². The zero-order valence-corrected chi connectivity index (χ0v) is 16.7. The molecule has 0 aliphatic carbocycles. The molecule has 4 rings (SSSR count). The normalized spacial score (nSPS) is 15.0. The molecule has 0 bridgehead atoms. The number of thiazole rings is 1. The standard InChI is InChI=1S/C22H23N3O2S/c1-16-7-8-19(20(26)13-16)22(27)25-11-9-24(10-12-25)14-18-15-28-21(23-18)17-5-3-2-4-6-17/h2-8,13,15,26H,9-12,14H2,1H3. The number of phenolic OH excluding ortho intramolecular Hbond substituents is 1. The van der Waals surface area contributed by atoms with Crippen LogP contribution < -0.4 is 0 Å². The van der Waals surface area contributed by atoms with Crippen LogP contribution in [0.2, 0.25) is 0 Å². The lowest BCUT2D eigenvalue weighted by molar-refractivity contribution is 0.0624. The predicted octanol–water partition coefficient (Wildman–Crippen LogP) is 3.78. The van der Waals surface area contributed by atoms with Gasteiger partial charge < -0.3 is 10.0 Å². The maximum absolute atomic E-state index is 12.7. The summed E-state index contributed by atoms with van der Waals surface area (Å²) in [6.07, 6.45) is 0. The molecule has 1 aliphatic heterocycles. The molecule has 0 atom stereocenters. The summed E-state index contributed by atoms with van der Waals surface area (Å²) in [5.41, 5.74) is 3.54. The second kappa shape index (κ2) is 8.12. The van der Waals surface area contributed by atoms with Crippen LogP contribution in [-0.2, 0) is 6.54 Å². The van der Waals surface area contributed by atoms with E-state index in [0.717, 1.165) is 41.5 Å². The molecule has 1 fully saturated rings. The first-order valence-electron chi connectivity index (χ1n) is 9.41. The van der Waals surface area contributed by atoms with Crippen molar-refractivity contribution in [1.82, 2.24) is 14.8 Å². The van der Waals surface area contributed by atoms with Gasteiger partial charge in [-0.05, 0) is 24.6 Å². The van der Waals surface area contributed by atoms with Gasteiger partial charge in [0.1, 0.15) is 10.8 Å². The van der Waals surface area contributed by atoms with Crippen LogP contribution in [0, 0.1) is 6.92 Å². The van der Waals surface area contributed by atoms with E-state index in [9.17, 15) is 9.90 Å². The summed E-state index contributed by atoms with van der Waals surface area (Å²) in [5.74, 6) is -0.0412. The molecule has 0 saturated carbocycles. The van der Waals surface area contributed by atoms with Crippen LogP contribution in [0.25, 0.3) is 10.6 Å². The molecule has 2 aromatic carbocycles. The summed E-state index contributed by atoms with van der Waals surface area (Å²) in [5, 5.41) is 13.2. The van der Waals surface area contributed by atoms with Gasteiger partial charge in [0.2, 0.25) is 0 Å². The summed E-state index contributed by atoms with van der Waals surface area (Å²) >= 11 is 1.67. The summed E-state index contributed by atoms with van der Waals surface area (Å²) in [6.45, 7) is 5.60. The largest absolute Gasteiger partial charge is 0.507 e. The molecular formula is C22H23N3O2S. The Morgan fingerprint density at radius 1 is 1.11 bits per heavy atom. The van der Waals surface area contributed by atoms with Crippen molar-refractivity contribution in [3.63, 3.8) is 0 Å². The molecule has 0 radical (unpaired) electrons. The van der Waals surface area contributed by atoms with Crippen molar-refractivity contribution in [3.05, 3.63) is 70.7 Å². The van der Waals surface area contributed by atoms with Gasteiger partial charge in [0.05, 0.1) is 11.3 Å². The van der Waals surface area contributed by atoms with Gasteiger partial charge >= 0.3 is 0 Å². The van der Waals surface area contributed by atoms with E-state index in [1.165, 1.54) is 0 Å². The SMILES string of the molecule is Cc1ccc(C(=O)N2CCN(Cc3csc(-c4ccccc4)n3)CC2)c(O)c1. The lowest BCUT2D eigenvalue weighted by Gasteiger charge is -2.34. The molecule has 144 valence electrons. The van der Waals surface area contributed by atoms with Gasteiger partial charge in [0.25, 0.3) is 5.91 Å². The second-order valence-electron chi connectivity index (χ2n) is 7.10. The van der Waals surface area contributed by atoms with Gasteiger partial charge in [-0.3, -0.25) is 9.69 Å². The van der Waals surface area contributed by atoms with E-state index in [2.05, 4.69) is 22.4 Å². The van der Waals surface area contributed by atoms with Crippen LogP contribution in [0.15, 0.2) is 53.9 Å². The fraction of sp³-hybridized carbons (Fsp3) is 0.273. The molecule has 1 N–H and O–H groups in total. The lowest BCUT2D eigenvalue weighted by atomic mass is 10.1. The van der Waals surface area contributed by atoms with Gasteiger partial charge in [-0.2, -0.15) is 0 Å². The van der Waals surface area contributed by atoms with Crippen molar-refractivity contribution >= 4 is 17.2 Å². The Morgan fingerprint density at radius 3 is 2.57 bits per heavy atom. The van der Waals surface area contributed by atoms with Crippen molar-refractivity contribution in [2.24, 2.45) is 0 Å². The number of benzene rings is 2. The minimum absolute atomic E-state index is 0.0587. The second-order valence-corrected chi connectivity index (χ2v) is 7.96. The zero-order chi connectivity index (χ0) is 19.5. The quantitative estimate of drug-likeness (QED) is 0.733. The molecule has 1 aliphatic rings. The highest BCUT2D eigenvalue weighted by molar-refractivity contribution is 7.13. The van der Waals surface area contributed by atoms with Crippen LogP contribution >= 0.6 is 11.3 Å². The van der Waals surface area contributed by atoms with E-state index in [1.807, 2.05) is 36.1 Å². The van der Waals surface area contributed by atoms with Crippen molar-refractivity contribution < 1.29 is 9.90 Å². The topological polar surface area (TPSA) is 56.7 Å². The summed E-state index contributed by atoms with van der Waals surface area (Å²) in [6, 6.07) is 15.4. The third-order valence-corrected chi connectivity index (χ3v) is 5.94. The number of nitrogens with zero attached hydrogens (tertiary/aromatic N) is 3. The summed E-state index contributed by atoms with van der Waals surface area (Å²) in [4.78, 5) is 21.6. The van der Waals surface area contributed by atoms with Crippen molar-refractivity contribution in [3.8, 4) is 16.3 Å². The maximum Gasteiger partial charge on any atom is 0.257 e. The Hall–Kier alpha value is -2.70. The smallest absolute Gasteiger partial charge is 0.257 e. The molecule has 0 spiro atoms. The van der Waals surface area contributed by atoms with E-state index in [-0.39, 0.29) is 11.7 Å². The fourth-order valence-corrected chi connectivity index (χ4v) is 4.24. The number of carbonyl (C=O) groups excluding carboxylic acids is 1. The molecule has 6 heteroatoms. The minimum Gasteiger partial charge on any atom is -0.507 e. The molecule has 5 nitrogen and oxygen atoms in total. The van der Waals surface area contributed by atoms with E-state index in [4.69, 9.17) is 4.98 Å². The van der Waals surface area contributed by atoms with Crippen molar-refractivity contribution in [1.29, 1.82) is 0 Å². The number of amides is 1. The molecule has 1 amide bonds. The first-order chi connectivity index (χ1) is 13.6. The fourth-order valence-electron chi connectivity index (χ4n) is 3.42. The van der Waals surface area contributed by atoms with E-state index in [1.54, 1.807) is 23.5 Å². The molecule has 28 heavy (non-hydrogen) atoms. The molecule has 0 unspecified atom stereocenters. The van der Waals surface area contributed by atoms with Crippen molar-refractivity contribution in [2.75, 3.05) is 26.2 Å². The first-order valence-corrected chi connectivity index (χ1v) is 10.3.